The average Bonchev–Trinajstić information content (AvgIpc) is 2.78. The summed E-state index contributed by atoms with van der Waals surface area (Å²) in [6, 6.07) is 6.80. The van der Waals surface area contributed by atoms with Gasteiger partial charge in [0.1, 0.15) is 12.3 Å². The monoisotopic (exact) mass is 246 g/mol. The molecule has 0 unspecified atom stereocenters. The number of benzene rings is 1. The zero-order chi connectivity index (χ0) is 13.0. The fourth-order valence-electron chi connectivity index (χ4n) is 1.59. The summed E-state index contributed by atoms with van der Waals surface area (Å²) in [5.74, 6) is -0.0875. The third kappa shape index (κ3) is 2.88. The molecule has 0 amide bonds. The molecule has 94 valence electrons. The molecule has 0 spiro atoms. The van der Waals surface area contributed by atoms with Crippen molar-refractivity contribution >= 4 is 5.97 Å². The smallest absolute Gasteiger partial charge is 0.327 e. The van der Waals surface area contributed by atoms with Crippen LogP contribution in [-0.4, -0.2) is 27.5 Å². The lowest BCUT2D eigenvalue weighted by Gasteiger charge is -2.01. The second-order valence-corrected chi connectivity index (χ2v) is 3.78. The van der Waals surface area contributed by atoms with E-state index in [0.717, 1.165) is 11.1 Å². The number of phenolic OH excluding ortho intramolecular Hbond substituents is 1. The van der Waals surface area contributed by atoms with Gasteiger partial charge in [-0.15, -0.1) is 0 Å². The Balaban J connectivity index is 2.10. The molecule has 0 aliphatic rings. The number of carbonyl (C=O) groups excluding carboxylic acids is 1. The van der Waals surface area contributed by atoms with E-state index in [4.69, 9.17) is 4.74 Å². The van der Waals surface area contributed by atoms with Crippen molar-refractivity contribution in [2.24, 2.45) is 0 Å². The largest absolute Gasteiger partial charge is 0.508 e. The van der Waals surface area contributed by atoms with Crippen LogP contribution in [0, 0.1) is 0 Å². The van der Waals surface area contributed by atoms with Crippen LogP contribution in [0.1, 0.15) is 6.92 Å². The lowest BCUT2D eigenvalue weighted by Crippen LogP contribution is -2.13. The molecule has 0 radical (unpaired) electrons. The second kappa shape index (κ2) is 5.35. The summed E-state index contributed by atoms with van der Waals surface area (Å²) in [5.41, 5.74) is 1.82. The van der Waals surface area contributed by atoms with Crippen LogP contribution in [0.3, 0.4) is 0 Å². The Hall–Kier alpha value is -2.30. The van der Waals surface area contributed by atoms with Crippen LogP contribution >= 0.6 is 0 Å². The minimum atomic E-state index is -0.308. The number of rotatable bonds is 4. The lowest BCUT2D eigenvalue weighted by molar-refractivity contribution is -0.144. The van der Waals surface area contributed by atoms with Gasteiger partial charge in [-0.3, -0.25) is 9.48 Å². The van der Waals surface area contributed by atoms with Gasteiger partial charge in [0.25, 0.3) is 0 Å². The van der Waals surface area contributed by atoms with E-state index in [1.807, 2.05) is 0 Å². The molecule has 1 N–H and O–H groups in total. The molecule has 2 rings (SSSR count). The molecule has 5 heteroatoms. The third-order valence-electron chi connectivity index (χ3n) is 2.43. The summed E-state index contributed by atoms with van der Waals surface area (Å²) in [6.07, 6.45) is 3.44. The Labute approximate surface area is 105 Å². The number of phenols is 1. The van der Waals surface area contributed by atoms with Gasteiger partial charge in [-0.2, -0.15) is 5.10 Å². The zero-order valence-corrected chi connectivity index (χ0v) is 10.0. The molecule has 2 aromatic rings. The van der Waals surface area contributed by atoms with E-state index in [2.05, 4.69) is 5.10 Å². The highest BCUT2D eigenvalue weighted by atomic mass is 16.5. The number of carbonyl (C=O) groups is 1. The predicted octanol–water partition coefficient (Wildman–Crippen LogP) is 1.82. The van der Waals surface area contributed by atoms with Crippen LogP contribution in [0.2, 0.25) is 0 Å². The van der Waals surface area contributed by atoms with Crippen LogP contribution < -0.4 is 0 Å². The van der Waals surface area contributed by atoms with Crippen molar-refractivity contribution in [3.8, 4) is 16.9 Å². The maximum Gasteiger partial charge on any atom is 0.327 e. The van der Waals surface area contributed by atoms with E-state index in [9.17, 15) is 9.90 Å². The standard InChI is InChI=1S/C13H14N2O3/c1-2-18-13(17)9-15-8-11(7-14-15)10-3-5-12(16)6-4-10/h3-8,16H,2,9H2,1H3. The van der Waals surface area contributed by atoms with Gasteiger partial charge in [0.2, 0.25) is 0 Å². The van der Waals surface area contributed by atoms with Crippen molar-refractivity contribution in [1.29, 1.82) is 0 Å². The van der Waals surface area contributed by atoms with E-state index in [1.165, 1.54) is 4.68 Å². The van der Waals surface area contributed by atoms with Gasteiger partial charge in [0.05, 0.1) is 12.8 Å². The Bertz CT molecular complexity index is 531. The molecule has 0 fully saturated rings. The molecule has 1 heterocycles. The fourth-order valence-corrected chi connectivity index (χ4v) is 1.59. The fraction of sp³-hybridized carbons (Fsp3) is 0.231. The average molecular weight is 246 g/mol. The number of hydrogen-bond acceptors (Lipinski definition) is 4. The van der Waals surface area contributed by atoms with Crippen LogP contribution in [0.5, 0.6) is 5.75 Å². The zero-order valence-electron chi connectivity index (χ0n) is 10.0. The van der Waals surface area contributed by atoms with Crippen LogP contribution in [-0.2, 0) is 16.1 Å². The molecular weight excluding hydrogens is 232 g/mol. The first-order valence-electron chi connectivity index (χ1n) is 5.66. The molecule has 1 aromatic carbocycles. The predicted molar refractivity (Wildman–Crippen MR) is 66.0 cm³/mol. The maximum absolute atomic E-state index is 11.3. The first kappa shape index (κ1) is 12.2. The van der Waals surface area contributed by atoms with Gasteiger partial charge in [-0.1, -0.05) is 12.1 Å². The van der Waals surface area contributed by atoms with E-state index < -0.39 is 0 Å². The van der Waals surface area contributed by atoms with Crippen LogP contribution in [0.4, 0.5) is 0 Å². The molecule has 0 atom stereocenters. The minimum Gasteiger partial charge on any atom is -0.508 e. The molecular formula is C13H14N2O3. The molecule has 0 saturated carbocycles. The lowest BCUT2D eigenvalue weighted by atomic mass is 10.1. The number of aromatic hydroxyl groups is 1. The van der Waals surface area contributed by atoms with Crippen molar-refractivity contribution in [3.05, 3.63) is 36.7 Å². The van der Waals surface area contributed by atoms with Gasteiger partial charge in [0.15, 0.2) is 0 Å². The Kier molecular flexibility index (Phi) is 3.62. The van der Waals surface area contributed by atoms with Gasteiger partial charge < -0.3 is 9.84 Å². The summed E-state index contributed by atoms with van der Waals surface area (Å²) in [7, 11) is 0. The summed E-state index contributed by atoms with van der Waals surface area (Å²) in [5, 5.41) is 13.3. The number of esters is 1. The van der Waals surface area contributed by atoms with Crippen molar-refractivity contribution in [1.82, 2.24) is 9.78 Å². The van der Waals surface area contributed by atoms with Crippen molar-refractivity contribution < 1.29 is 14.6 Å². The van der Waals surface area contributed by atoms with Gasteiger partial charge >= 0.3 is 5.97 Å². The summed E-state index contributed by atoms with van der Waals surface area (Å²) in [6.45, 7) is 2.24. The molecule has 18 heavy (non-hydrogen) atoms. The maximum atomic E-state index is 11.3. The summed E-state index contributed by atoms with van der Waals surface area (Å²) < 4.78 is 6.37. The number of hydrogen-bond donors (Lipinski definition) is 1. The highest BCUT2D eigenvalue weighted by Crippen LogP contribution is 2.20. The van der Waals surface area contributed by atoms with Crippen LogP contribution in [0.25, 0.3) is 11.1 Å². The van der Waals surface area contributed by atoms with Gasteiger partial charge in [-0.05, 0) is 24.6 Å². The highest BCUT2D eigenvalue weighted by molar-refractivity contribution is 5.69. The van der Waals surface area contributed by atoms with Crippen molar-refractivity contribution in [2.75, 3.05) is 6.61 Å². The highest BCUT2D eigenvalue weighted by Gasteiger charge is 2.06. The first-order valence-corrected chi connectivity index (χ1v) is 5.66. The molecule has 5 nitrogen and oxygen atoms in total. The quantitative estimate of drug-likeness (QED) is 0.836. The molecule has 0 aliphatic carbocycles. The normalized spacial score (nSPS) is 10.3. The van der Waals surface area contributed by atoms with E-state index in [0.29, 0.717) is 6.61 Å². The summed E-state index contributed by atoms with van der Waals surface area (Å²) >= 11 is 0. The Morgan fingerprint density at radius 3 is 2.72 bits per heavy atom. The second-order valence-electron chi connectivity index (χ2n) is 3.78. The summed E-state index contributed by atoms with van der Waals surface area (Å²) in [4.78, 5) is 11.3. The SMILES string of the molecule is CCOC(=O)Cn1cc(-c2ccc(O)cc2)cn1. The third-order valence-corrected chi connectivity index (χ3v) is 2.43. The van der Waals surface area contributed by atoms with Gasteiger partial charge in [-0.25, -0.2) is 0 Å². The first-order chi connectivity index (χ1) is 8.69. The van der Waals surface area contributed by atoms with Crippen molar-refractivity contribution in [2.45, 2.75) is 13.5 Å². The minimum absolute atomic E-state index is 0.103. The molecule has 1 aromatic heterocycles. The Morgan fingerprint density at radius 1 is 1.33 bits per heavy atom. The molecule has 0 bridgehead atoms. The Morgan fingerprint density at radius 2 is 2.06 bits per heavy atom. The van der Waals surface area contributed by atoms with Crippen molar-refractivity contribution in [3.63, 3.8) is 0 Å². The van der Waals surface area contributed by atoms with E-state index >= 15 is 0 Å². The number of nitrogens with zero attached hydrogens (tertiary/aromatic N) is 2. The topological polar surface area (TPSA) is 64.3 Å². The number of aromatic nitrogens is 2. The molecule has 0 aliphatic heterocycles. The number of ether oxygens (including phenoxy) is 1. The van der Waals surface area contributed by atoms with E-state index in [-0.39, 0.29) is 18.3 Å². The van der Waals surface area contributed by atoms with E-state index in [1.54, 1.807) is 43.6 Å². The van der Waals surface area contributed by atoms with Gasteiger partial charge in [0, 0.05) is 11.8 Å². The van der Waals surface area contributed by atoms with Crippen LogP contribution in [0.15, 0.2) is 36.7 Å². The molecule has 0 saturated heterocycles.